The smallest absolute Gasteiger partial charge is 0.00538 e. The topological polar surface area (TPSA) is 0 Å². The molecule has 0 spiro atoms. The highest BCUT2D eigenvalue weighted by atomic mass is 14.4. The SMILES string of the molecule is CC1(C)C=CC2=C(C1)CC(C)(C)c1c2ccc2cc(-c3cccc4ccccc34)ccc12. The van der Waals surface area contributed by atoms with Crippen molar-refractivity contribution in [3.63, 3.8) is 0 Å². The molecule has 2 aliphatic carbocycles. The lowest BCUT2D eigenvalue weighted by molar-refractivity contribution is 0.429. The van der Waals surface area contributed by atoms with Crippen LogP contribution in [0.4, 0.5) is 0 Å². The summed E-state index contributed by atoms with van der Waals surface area (Å²) >= 11 is 0. The Morgan fingerprint density at radius 3 is 2.34 bits per heavy atom. The molecule has 0 nitrogen and oxygen atoms in total. The summed E-state index contributed by atoms with van der Waals surface area (Å²) in [5, 5.41) is 5.35. The van der Waals surface area contributed by atoms with Crippen molar-refractivity contribution in [2.24, 2.45) is 5.41 Å². The third-order valence-electron chi connectivity index (χ3n) is 7.49. The van der Waals surface area contributed by atoms with Gasteiger partial charge in [-0.05, 0) is 79.1 Å². The molecule has 32 heavy (non-hydrogen) atoms. The second kappa shape index (κ2) is 6.69. The molecule has 0 amide bonds. The molecule has 0 aromatic heterocycles. The maximum atomic E-state index is 2.43. The van der Waals surface area contributed by atoms with Crippen molar-refractivity contribution >= 4 is 27.1 Å². The second-order valence-corrected chi connectivity index (χ2v) is 11.0. The summed E-state index contributed by atoms with van der Waals surface area (Å²) in [6.07, 6.45) is 7.11. The number of hydrogen-bond donors (Lipinski definition) is 0. The molecule has 4 aromatic carbocycles. The van der Waals surface area contributed by atoms with E-state index in [0.29, 0.717) is 0 Å². The predicted octanol–water partition coefficient (Wildman–Crippen LogP) is 9.08. The van der Waals surface area contributed by atoms with Gasteiger partial charge in [0.1, 0.15) is 0 Å². The average Bonchev–Trinajstić information content (AvgIpc) is 2.76. The quantitative estimate of drug-likeness (QED) is 0.291. The van der Waals surface area contributed by atoms with E-state index in [0.717, 1.165) is 6.42 Å². The fraction of sp³-hybridized carbons (Fsp3) is 0.250. The maximum Gasteiger partial charge on any atom is -0.00538 e. The van der Waals surface area contributed by atoms with Crippen molar-refractivity contribution in [2.45, 2.75) is 46.0 Å². The first-order chi connectivity index (χ1) is 15.3. The Bertz CT molecular complexity index is 1450. The molecule has 0 heteroatoms. The van der Waals surface area contributed by atoms with Crippen LogP contribution in [0.1, 0.15) is 51.7 Å². The van der Waals surface area contributed by atoms with Gasteiger partial charge in [0, 0.05) is 0 Å². The van der Waals surface area contributed by atoms with Crippen LogP contribution in [0.15, 0.2) is 90.5 Å². The van der Waals surface area contributed by atoms with Crippen molar-refractivity contribution in [3.05, 3.63) is 102 Å². The van der Waals surface area contributed by atoms with E-state index in [2.05, 4.69) is 113 Å². The summed E-state index contributed by atoms with van der Waals surface area (Å²) in [6, 6.07) is 27.1. The van der Waals surface area contributed by atoms with Gasteiger partial charge in [-0.1, -0.05) is 112 Å². The Balaban J connectivity index is 1.55. The molecule has 0 saturated heterocycles. The third kappa shape index (κ3) is 2.97. The standard InChI is InChI=1S/C32H30/c1-31(2)17-16-27-24(19-31)20-32(3,4)30-28-14-12-22(18-23(28)13-15-29(27)30)26-11-7-9-21-8-5-6-10-25(21)26/h5-18H,19-20H2,1-4H3. The molecule has 0 atom stereocenters. The van der Waals surface area contributed by atoms with Crippen molar-refractivity contribution in [2.75, 3.05) is 0 Å². The van der Waals surface area contributed by atoms with Gasteiger partial charge in [-0.3, -0.25) is 0 Å². The Kier molecular flexibility index (Phi) is 4.09. The van der Waals surface area contributed by atoms with Gasteiger partial charge < -0.3 is 0 Å². The molecular weight excluding hydrogens is 384 g/mol. The first-order valence-electron chi connectivity index (χ1n) is 11.8. The first-order valence-corrected chi connectivity index (χ1v) is 11.8. The fourth-order valence-electron chi connectivity index (χ4n) is 6.12. The van der Waals surface area contributed by atoms with Gasteiger partial charge in [-0.2, -0.15) is 0 Å². The van der Waals surface area contributed by atoms with E-state index in [4.69, 9.17) is 0 Å². The number of hydrogen-bond acceptors (Lipinski definition) is 0. The highest BCUT2D eigenvalue weighted by Crippen LogP contribution is 2.51. The van der Waals surface area contributed by atoms with E-state index in [1.54, 1.807) is 5.57 Å². The minimum absolute atomic E-state index is 0.135. The molecule has 2 aliphatic rings. The fourth-order valence-corrected chi connectivity index (χ4v) is 6.12. The summed E-state index contributed by atoms with van der Waals surface area (Å²) in [6.45, 7) is 9.56. The third-order valence-corrected chi connectivity index (χ3v) is 7.49. The average molecular weight is 415 g/mol. The minimum atomic E-state index is 0.135. The van der Waals surface area contributed by atoms with Gasteiger partial charge in [-0.15, -0.1) is 0 Å². The van der Waals surface area contributed by atoms with Crippen LogP contribution in [0.25, 0.3) is 38.2 Å². The molecule has 0 unspecified atom stereocenters. The van der Waals surface area contributed by atoms with Gasteiger partial charge in [0.2, 0.25) is 0 Å². The minimum Gasteiger partial charge on any atom is -0.0779 e. The molecular formula is C32H30. The van der Waals surface area contributed by atoms with Crippen LogP contribution in [0.5, 0.6) is 0 Å². The molecule has 0 radical (unpaired) electrons. The normalized spacial score (nSPS) is 18.6. The summed E-state index contributed by atoms with van der Waals surface area (Å²) < 4.78 is 0. The molecule has 0 N–H and O–H groups in total. The number of allylic oxidation sites excluding steroid dienone is 4. The lowest BCUT2D eigenvalue weighted by atomic mass is 9.64. The number of rotatable bonds is 1. The maximum absolute atomic E-state index is 2.43. The van der Waals surface area contributed by atoms with Crippen molar-refractivity contribution in [1.82, 2.24) is 0 Å². The molecule has 0 fully saturated rings. The molecule has 0 saturated carbocycles. The lowest BCUT2D eigenvalue weighted by Gasteiger charge is -2.40. The zero-order valence-corrected chi connectivity index (χ0v) is 19.5. The van der Waals surface area contributed by atoms with E-state index in [1.807, 2.05) is 0 Å². The van der Waals surface area contributed by atoms with Gasteiger partial charge in [-0.25, -0.2) is 0 Å². The first kappa shape index (κ1) is 19.6. The van der Waals surface area contributed by atoms with Crippen LogP contribution < -0.4 is 0 Å². The van der Waals surface area contributed by atoms with Crippen molar-refractivity contribution in [3.8, 4) is 11.1 Å². The molecule has 4 aromatic rings. The van der Waals surface area contributed by atoms with Crippen LogP contribution in [0, 0.1) is 5.41 Å². The Morgan fingerprint density at radius 1 is 0.656 bits per heavy atom. The monoisotopic (exact) mass is 414 g/mol. The van der Waals surface area contributed by atoms with Gasteiger partial charge in [0.25, 0.3) is 0 Å². The van der Waals surface area contributed by atoms with Gasteiger partial charge in [0.15, 0.2) is 0 Å². The van der Waals surface area contributed by atoms with Crippen LogP contribution in [0.2, 0.25) is 0 Å². The lowest BCUT2D eigenvalue weighted by Crippen LogP contribution is -2.27. The second-order valence-electron chi connectivity index (χ2n) is 11.0. The Labute approximate surface area is 191 Å². The molecule has 0 bridgehead atoms. The number of benzene rings is 4. The Hall–Kier alpha value is -3.12. The van der Waals surface area contributed by atoms with E-state index in [1.165, 1.54) is 55.8 Å². The summed E-state index contributed by atoms with van der Waals surface area (Å²) in [7, 11) is 0. The highest BCUT2D eigenvalue weighted by molar-refractivity contribution is 6.01. The van der Waals surface area contributed by atoms with Gasteiger partial charge >= 0.3 is 0 Å². The van der Waals surface area contributed by atoms with Gasteiger partial charge in [0.05, 0.1) is 0 Å². The van der Waals surface area contributed by atoms with Crippen LogP contribution >= 0.6 is 0 Å². The zero-order valence-electron chi connectivity index (χ0n) is 19.5. The van der Waals surface area contributed by atoms with E-state index in [9.17, 15) is 0 Å². The van der Waals surface area contributed by atoms with Crippen LogP contribution in [0.3, 0.4) is 0 Å². The molecule has 0 aliphatic heterocycles. The summed E-state index contributed by atoms with van der Waals surface area (Å²) in [5.41, 5.74) is 9.05. The largest absolute Gasteiger partial charge is 0.0779 e. The van der Waals surface area contributed by atoms with E-state index in [-0.39, 0.29) is 10.8 Å². The van der Waals surface area contributed by atoms with Crippen LogP contribution in [-0.2, 0) is 5.41 Å². The molecule has 158 valence electrons. The van der Waals surface area contributed by atoms with Crippen molar-refractivity contribution in [1.29, 1.82) is 0 Å². The predicted molar refractivity (Wildman–Crippen MR) is 139 cm³/mol. The summed E-state index contributed by atoms with van der Waals surface area (Å²) in [5.74, 6) is 0. The highest BCUT2D eigenvalue weighted by Gasteiger charge is 2.36. The van der Waals surface area contributed by atoms with E-state index < -0.39 is 0 Å². The summed E-state index contributed by atoms with van der Waals surface area (Å²) in [4.78, 5) is 0. The van der Waals surface area contributed by atoms with Crippen LogP contribution in [-0.4, -0.2) is 0 Å². The van der Waals surface area contributed by atoms with E-state index >= 15 is 0 Å². The number of fused-ring (bicyclic) bond motifs is 5. The molecule has 6 rings (SSSR count). The molecule has 0 heterocycles. The zero-order chi connectivity index (χ0) is 22.1. The Morgan fingerprint density at radius 2 is 1.47 bits per heavy atom. The van der Waals surface area contributed by atoms with Crippen molar-refractivity contribution < 1.29 is 0 Å².